The van der Waals surface area contributed by atoms with Gasteiger partial charge in [0.05, 0.1) is 0 Å². The van der Waals surface area contributed by atoms with Gasteiger partial charge in [-0.15, -0.1) is 0 Å². The minimum atomic E-state index is -0.817. The van der Waals surface area contributed by atoms with Crippen molar-refractivity contribution in [3.63, 3.8) is 0 Å². The summed E-state index contributed by atoms with van der Waals surface area (Å²) in [6, 6.07) is 9.47. The topological polar surface area (TPSA) is 105 Å². The Hall–Kier alpha value is -3.01. The third-order valence-electron chi connectivity index (χ3n) is 3.46. The number of carboxylic acid groups (broad SMARTS) is 1. The fourth-order valence-electron chi connectivity index (χ4n) is 2.05. The number of nitrogens with one attached hydrogen (secondary N) is 2. The highest BCUT2D eigenvalue weighted by Gasteiger charge is 2.08. The lowest BCUT2D eigenvalue weighted by molar-refractivity contribution is -0.137. The zero-order chi connectivity index (χ0) is 18.7. The van der Waals surface area contributed by atoms with Crippen molar-refractivity contribution in [1.82, 2.24) is 5.32 Å². The number of carbonyl (C=O) groups is 2. The monoisotopic (exact) mass is 344 g/mol. The highest BCUT2D eigenvalue weighted by atomic mass is 16.4. The number of carbonyl (C=O) groups excluding carboxylic acids is 1. The van der Waals surface area contributed by atoms with Gasteiger partial charge in [0.15, 0.2) is 0 Å². The molecular weight excluding hydrogens is 320 g/mol. The predicted octanol–water partition coefficient (Wildman–Crippen LogP) is 2.33. The van der Waals surface area contributed by atoms with Crippen LogP contribution in [-0.4, -0.2) is 37.6 Å². The van der Waals surface area contributed by atoms with E-state index < -0.39 is 11.9 Å². The molecule has 0 aromatic heterocycles. The lowest BCUT2D eigenvalue weighted by Crippen LogP contribution is -2.26. The van der Waals surface area contributed by atoms with Crippen LogP contribution in [0, 0.1) is 11.3 Å². The number of hydrogen-bond acceptors (Lipinski definition) is 5. The SMILES string of the molecule is CN(C)c1cccc(N/C=C(/C#N)C(=O)NCCCCCC(=O)O)c1. The van der Waals surface area contributed by atoms with Crippen LogP contribution in [-0.2, 0) is 9.59 Å². The fraction of sp³-hybridized carbons (Fsp3) is 0.389. The Labute approximate surface area is 147 Å². The van der Waals surface area contributed by atoms with E-state index in [1.54, 1.807) is 0 Å². The standard InChI is InChI=1S/C18H24N4O3/c1-22(2)16-8-6-7-15(11-16)21-13-14(12-19)18(25)20-10-5-3-4-9-17(23)24/h6-8,11,13,21H,3-5,9-10H2,1-2H3,(H,20,25)(H,23,24)/b14-13-. The van der Waals surface area contributed by atoms with Crippen LogP contribution in [0.3, 0.4) is 0 Å². The molecule has 0 aliphatic heterocycles. The summed E-state index contributed by atoms with van der Waals surface area (Å²) in [6.45, 7) is 0.410. The van der Waals surface area contributed by atoms with E-state index in [4.69, 9.17) is 10.4 Å². The Morgan fingerprint density at radius 3 is 2.68 bits per heavy atom. The molecule has 0 aliphatic carbocycles. The molecule has 0 saturated heterocycles. The second kappa shape index (κ2) is 10.7. The first-order valence-electron chi connectivity index (χ1n) is 8.08. The number of benzene rings is 1. The lowest BCUT2D eigenvalue weighted by atomic mass is 10.2. The van der Waals surface area contributed by atoms with Crippen LogP contribution in [0.15, 0.2) is 36.0 Å². The van der Waals surface area contributed by atoms with E-state index in [-0.39, 0.29) is 12.0 Å². The van der Waals surface area contributed by atoms with Gasteiger partial charge in [0.2, 0.25) is 0 Å². The van der Waals surface area contributed by atoms with E-state index in [0.29, 0.717) is 25.8 Å². The summed E-state index contributed by atoms with van der Waals surface area (Å²) in [4.78, 5) is 24.3. The number of anilines is 2. The number of unbranched alkanes of at least 4 members (excludes halogenated alkanes) is 2. The summed E-state index contributed by atoms with van der Waals surface area (Å²) in [5.74, 6) is -1.26. The highest BCUT2D eigenvalue weighted by Crippen LogP contribution is 2.17. The summed E-state index contributed by atoms with van der Waals surface area (Å²) in [5, 5.41) is 23.3. The summed E-state index contributed by atoms with van der Waals surface area (Å²) >= 11 is 0. The van der Waals surface area contributed by atoms with Gasteiger partial charge in [-0.1, -0.05) is 12.5 Å². The van der Waals surface area contributed by atoms with Crippen LogP contribution in [0.25, 0.3) is 0 Å². The number of nitrogens with zero attached hydrogens (tertiary/aromatic N) is 2. The molecule has 0 aliphatic rings. The predicted molar refractivity (Wildman–Crippen MR) is 97.2 cm³/mol. The average Bonchev–Trinajstić information content (AvgIpc) is 2.58. The van der Waals surface area contributed by atoms with Crippen LogP contribution in [0.4, 0.5) is 11.4 Å². The van der Waals surface area contributed by atoms with E-state index in [9.17, 15) is 9.59 Å². The van der Waals surface area contributed by atoms with Gasteiger partial charge in [-0.05, 0) is 31.0 Å². The van der Waals surface area contributed by atoms with E-state index in [0.717, 1.165) is 11.4 Å². The molecule has 0 fully saturated rings. The van der Waals surface area contributed by atoms with Gasteiger partial charge < -0.3 is 20.6 Å². The third-order valence-corrected chi connectivity index (χ3v) is 3.46. The Morgan fingerprint density at radius 2 is 2.04 bits per heavy atom. The summed E-state index contributed by atoms with van der Waals surface area (Å²) in [5.41, 5.74) is 1.77. The number of hydrogen-bond donors (Lipinski definition) is 3. The van der Waals surface area contributed by atoms with Crippen molar-refractivity contribution in [2.45, 2.75) is 25.7 Å². The van der Waals surface area contributed by atoms with Gasteiger partial charge in [-0.2, -0.15) is 5.26 Å². The molecule has 0 atom stereocenters. The Bertz CT molecular complexity index is 663. The van der Waals surface area contributed by atoms with Crippen LogP contribution in [0.1, 0.15) is 25.7 Å². The van der Waals surface area contributed by atoms with Gasteiger partial charge >= 0.3 is 5.97 Å². The Balaban J connectivity index is 2.47. The normalized spacial score (nSPS) is 10.7. The molecule has 134 valence electrons. The molecule has 0 radical (unpaired) electrons. The van der Waals surface area contributed by atoms with Crippen LogP contribution in [0.2, 0.25) is 0 Å². The molecule has 1 rings (SSSR count). The quantitative estimate of drug-likeness (QED) is 0.342. The Morgan fingerprint density at radius 1 is 1.28 bits per heavy atom. The highest BCUT2D eigenvalue weighted by molar-refractivity contribution is 5.97. The fourth-order valence-corrected chi connectivity index (χ4v) is 2.05. The van der Waals surface area contributed by atoms with Crippen LogP contribution >= 0.6 is 0 Å². The van der Waals surface area contributed by atoms with E-state index in [2.05, 4.69) is 10.6 Å². The molecule has 0 spiro atoms. The van der Waals surface area contributed by atoms with Crippen molar-refractivity contribution in [1.29, 1.82) is 5.26 Å². The molecule has 3 N–H and O–H groups in total. The second-order valence-corrected chi connectivity index (χ2v) is 5.72. The molecule has 0 saturated carbocycles. The zero-order valence-corrected chi connectivity index (χ0v) is 14.6. The summed E-state index contributed by atoms with van der Waals surface area (Å²) in [7, 11) is 3.86. The molecule has 1 aromatic carbocycles. The molecule has 7 nitrogen and oxygen atoms in total. The maximum Gasteiger partial charge on any atom is 0.303 e. The molecule has 0 bridgehead atoms. The second-order valence-electron chi connectivity index (χ2n) is 5.72. The molecule has 1 aromatic rings. The number of carboxylic acids is 1. The summed E-state index contributed by atoms with van der Waals surface area (Å²) in [6.07, 6.45) is 3.49. The van der Waals surface area contributed by atoms with Crippen LogP contribution in [0.5, 0.6) is 0 Å². The third kappa shape index (κ3) is 7.88. The minimum absolute atomic E-state index is 0.0132. The van der Waals surface area contributed by atoms with Crippen molar-refractivity contribution in [3.8, 4) is 6.07 Å². The maximum absolute atomic E-state index is 12.0. The van der Waals surface area contributed by atoms with Gasteiger partial charge in [-0.3, -0.25) is 9.59 Å². The maximum atomic E-state index is 12.0. The van der Waals surface area contributed by atoms with Crippen molar-refractivity contribution in [2.24, 2.45) is 0 Å². The largest absolute Gasteiger partial charge is 0.481 e. The van der Waals surface area contributed by atoms with Gasteiger partial charge in [0, 0.05) is 44.6 Å². The average molecular weight is 344 g/mol. The first-order chi connectivity index (χ1) is 11.9. The first kappa shape index (κ1) is 20.0. The molecule has 25 heavy (non-hydrogen) atoms. The first-order valence-corrected chi connectivity index (χ1v) is 8.08. The molecule has 1 amide bonds. The van der Waals surface area contributed by atoms with Gasteiger partial charge in [-0.25, -0.2) is 0 Å². The number of nitriles is 1. The molecule has 7 heteroatoms. The number of aliphatic carboxylic acids is 1. The van der Waals surface area contributed by atoms with Crippen molar-refractivity contribution >= 4 is 23.3 Å². The van der Waals surface area contributed by atoms with Crippen LogP contribution < -0.4 is 15.5 Å². The van der Waals surface area contributed by atoms with Crippen molar-refractivity contribution < 1.29 is 14.7 Å². The van der Waals surface area contributed by atoms with E-state index in [1.807, 2.05) is 49.3 Å². The van der Waals surface area contributed by atoms with E-state index >= 15 is 0 Å². The molecule has 0 unspecified atom stereocenters. The summed E-state index contributed by atoms with van der Waals surface area (Å²) < 4.78 is 0. The minimum Gasteiger partial charge on any atom is -0.481 e. The van der Waals surface area contributed by atoms with E-state index in [1.165, 1.54) is 6.20 Å². The number of rotatable bonds is 10. The lowest BCUT2D eigenvalue weighted by Gasteiger charge is -2.13. The molecular formula is C18H24N4O3. The smallest absolute Gasteiger partial charge is 0.303 e. The van der Waals surface area contributed by atoms with Crippen molar-refractivity contribution in [2.75, 3.05) is 30.9 Å². The molecule has 0 heterocycles. The van der Waals surface area contributed by atoms with Gasteiger partial charge in [0.25, 0.3) is 5.91 Å². The number of amides is 1. The van der Waals surface area contributed by atoms with Crippen molar-refractivity contribution in [3.05, 3.63) is 36.0 Å². The Kier molecular flexibility index (Phi) is 8.58. The van der Waals surface area contributed by atoms with Gasteiger partial charge in [0.1, 0.15) is 11.6 Å². The zero-order valence-electron chi connectivity index (χ0n) is 14.6.